The summed E-state index contributed by atoms with van der Waals surface area (Å²) in [5.74, 6) is -0.603. The van der Waals surface area contributed by atoms with Crippen molar-refractivity contribution in [1.82, 2.24) is 4.90 Å². The first-order valence-corrected chi connectivity index (χ1v) is 6.69. The molecular formula is C13H15ClN2O4. The fraction of sp³-hybridized carbons (Fsp3) is 0.462. The summed E-state index contributed by atoms with van der Waals surface area (Å²) in [7, 11) is 2.01. The van der Waals surface area contributed by atoms with Crippen molar-refractivity contribution in [2.45, 2.75) is 18.9 Å². The first-order valence-electron chi connectivity index (χ1n) is 6.31. The highest BCUT2D eigenvalue weighted by atomic mass is 35.5. The highest BCUT2D eigenvalue weighted by molar-refractivity contribution is 6.35. The van der Waals surface area contributed by atoms with E-state index in [0.717, 1.165) is 25.9 Å². The van der Waals surface area contributed by atoms with Crippen molar-refractivity contribution in [2.24, 2.45) is 0 Å². The maximum Gasteiger partial charge on any atom is 0.340 e. The molecule has 0 saturated carbocycles. The van der Waals surface area contributed by atoms with Gasteiger partial charge in [-0.05, 0) is 26.0 Å². The Morgan fingerprint density at radius 3 is 2.70 bits per heavy atom. The van der Waals surface area contributed by atoms with E-state index in [9.17, 15) is 14.9 Å². The average molecular weight is 299 g/mol. The lowest BCUT2D eigenvalue weighted by molar-refractivity contribution is -0.384. The maximum absolute atomic E-state index is 12.0. The predicted octanol–water partition coefficient (Wildman–Crippen LogP) is 2.50. The van der Waals surface area contributed by atoms with Crippen LogP contribution in [0.3, 0.4) is 0 Å². The Kier molecular flexibility index (Phi) is 4.57. The first-order chi connectivity index (χ1) is 9.49. The van der Waals surface area contributed by atoms with Gasteiger partial charge in [-0.2, -0.15) is 0 Å². The third kappa shape index (κ3) is 3.26. The number of likely N-dealkylation sites (tertiary alicyclic amines) is 1. The third-order valence-corrected chi connectivity index (χ3v) is 3.73. The molecule has 1 aliphatic heterocycles. The summed E-state index contributed by atoms with van der Waals surface area (Å²) in [6.45, 7) is 1.72. The van der Waals surface area contributed by atoms with E-state index < -0.39 is 10.9 Å². The summed E-state index contributed by atoms with van der Waals surface area (Å²) in [6, 6.07) is 4.12. The van der Waals surface area contributed by atoms with Gasteiger partial charge in [0.05, 0.1) is 10.5 Å². The number of ether oxygens (including phenoxy) is 1. The van der Waals surface area contributed by atoms with E-state index in [1.807, 2.05) is 7.05 Å². The number of nitrogens with zero attached hydrogens (tertiary/aromatic N) is 2. The lowest BCUT2D eigenvalue weighted by atomic mass is 10.1. The van der Waals surface area contributed by atoms with Crippen LogP contribution in [0.15, 0.2) is 18.2 Å². The molecule has 108 valence electrons. The average Bonchev–Trinajstić information content (AvgIpc) is 2.41. The smallest absolute Gasteiger partial charge is 0.340 e. The number of carbonyl (C=O) groups is 1. The third-order valence-electron chi connectivity index (χ3n) is 3.33. The number of benzene rings is 1. The van der Waals surface area contributed by atoms with E-state index in [0.29, 0.717) is 0 Å². The molecule has 20 heavy (non-hydrogen) atoms. The van der Waals surface area contributed by atoms with Crippen LogP contribution in [0, 0.1) is 10.1 Å². The molecule has 1 aromatic carbocycles. The molecule has 7 heteroatoms. The summed E-state index contributed by atoms with van der Waals surface area (Å²) in [5, 5.41) is 10.6. The van der Waals surface area contributed by atoms with Crippen molar-refractivity contribution in [3.63, 3.8) is 0 Å². The largest absolute Gasteiger partial charge is 0.459 e. The maximum atomic E-state index is 12.0. The molecule has 1 heterocycles. The van der Waals surface area contributed by atoms with Gasteiger partial charge in [0.15, 0.2) is 0 Å². The number of piperidine rings is 1. The van der Waals surface area contributed by atoms with E-state index in [4.69, 9.17) is 16.3 Å². The van der Waals surface area contributed by atoms with Crippen molar-refractivity contribution in [3.8, 4) is 0 Å². The van der Waals surface area contributed by atoms with Crippen molar-refractivity contribution in [1.29, 1.82) is 0 Å². The van der Waals surface area contributed by atoms with Gasteiger partial charge >= 0.3 is 5.97 Å². The number of halogens is 1. The second kappa shape index (κ2) is 6.19. The molecule has 0 aliphatic carbocycles. The molecule has 1 saturated heterocycles. The molecule has 0 aromatic heterocycles. The molecule has 6 nitrogen and oxygen atoms in total. The molecule has 1 aliphatic rings. The van der Waals surface area contributed by atoms with Crippen LogP contribution in [-0.2, 0) is 4.74 Å². The molecule has 0 unspecified atom stereocenters. The standard InChI is InChI=1S/C13H15ClN2O4/c1-15-7-5-9(6-8-15)20-13(17)10-3-2-4-11(12(10)14)16(18)19/h2-4,9H,5-8H2,1H3. The fourth-order valence-corrected chi connectivity index (χ4v) is 2.41. The number of hydrogen-bond acceptors (Lipinski definition) is 5. The molecule has 2 rings (SSSR count). The molecule has 0 spiro atoms. The topological polar surface area (TPSA) is 72.7 Å². The van der Waals surface area contributed by atoms with Crippen molar-refractivity contribution < 1.29 is 14.5 Å². The van der Waals surface area contributed by atoms with E-state index >= 15 is 0 Å². The molecule has 0 bridgehead atoms. The minimum Gasteiger partial charge on any atom is -0.459 e. The summed E-state index contributed by atoms with van der Waals surface area (Å²) in [6.07, 6.45) is 1.36. The Bertz CT molecular complexity index is 527. The Morgan fingerprint density at radius 1 is 1.45 bits per heavy atom. The number of rotatable bonds is 3. The van der Waals surface area contributed by atoms with Crippen molar-refractivity contribution >= 4 is 23.3 Å². The highest BCUT2D eigenvalue weighted by Gasteiger charge is 2.25. The van der Waals surface area contributed by atoms with Gasteiger partial charge in [-0.15, -0.1) is 0 Å². The summed E-state index contributed by atoms with van der Waals surface area (Å²) in [4.78, 5) is 24.4. The number of hydrogen-bond donors (Lipinski definition) is 0. The van der Waals surface area contributed by atoms with Crippen LogP contribution in [0.25, 0.3) is 0 Å². The van der Waals surface area contributed by atoms with Gasteiger partial charge in [-0.25, -0.2) is 4.79 Å². The van der Waals surface area contributed by atoms with Gasteiger partial charge in [0.1, 0.15) is 11.1 Å². The molecule has 0 radical (unpaired) electrons. The van der Waals surface area contributed by atoms with Crippen LogP contribution in [-0.4, -0.2) is 42.0 Å². The van der Waals surface area contributed by atoms with E-state index in [-0.39, 0.29) is 22.4 Å². The van der Waals surface area contributed by atoms with Crippen LogP contribution < -0.4 is 0 Å². The van der Waals surface area contributed by atoms with Gasteiger partial charge in [0.2, 0.25) is 0 Å². The monoisotopic (exact) mass is 298 g/mol. The molecule has 1 aromatic rings. The Labute approximate surface area is 121 Å². The zero-order chi connectivity index (χ0) is 14.7. The minimum atomic E-state index is -0.616. The molecule has 0 amide bonds. The zero-order valence-corrected chi connectivity index (χ0v) is 11.8. The van der Waals surface area contributed by atoms with Crippen LogP contribution >= 0.6 is 11.6 Å². The first kappa shape index (κ1) is 14.7. The van der Waals surface area contributed by atoms with Crippen LogP contribution in [0.5, 0.6) is 0 Å². The SMILES string of the molecule is CN1CCC(OC(=O)c2cccc([N+](=O)[O-])c2Cl)CC1. The van der Waals surface area contributed by atoms with Gasteiger partial charge in [-0.3, -0.25) is 10.1 Å². The van der Waals surface area contributed by atoms with E-state index in [1.165, 1.54) is 18.2 Å². The Balaban J connectivity index is 2.10. The lowest BCUT2D eigenvalue weighted by Crippen LogP contribution is -2.35. The second-order valence-corrected chi connectivity index (χ2v) is 5.18. The lowest BCUT2D eigenvalue weighted by Gasteiger charge is -2.28. The van der Waals surface area contributed by atoms with Crippen LogP contribution in [0.2, 0.25) is 5.02 Å². The zero-order valence-electron chi connectivity index (χ0n) is 11.0. The number of esters is 1. The molecular weight excluding hydrogens is 284 g/mol. The second-order valence-electron chi connectivity index (χ2n) is 4.80. The van der Waals surface area contributed by atoms with E-state index in [1.54, 1.807) is 0 Å². The van der Waals surface area contributed by atoms with Gasteiger partial charge < -0.3 is 9.64 Å². The van der Waals surface area contributed by atoms with Crippen LogP contribution in [0.4, 0.5) is 5.69 Å². The number of nitro benzene ring substituents is 1. The minimum absolute atomic E-state index is 0.0415. The summed E-state index contributed by atoms with van der Waals surface area (Å²) >= 11 is 5.89. The quantitative estimate of drug-likeness (QED) is 0.487. The molecule has 0 N–H and O–H groups in total. The van der Waals surface area contributed by atoms with Crippen molar-refractivity contribution in [3.05, 3.63) is 38.9 Å². The number of carbonyl (C=O) groups excluding carboxylic acids is 1. The summed E-state index contributed by atoms with van der Waals surface area (Å²) in [5.41, 5.74) is -0.246. The van der Waals surface area contributed by atoms with Gasteiger partial charge in [-0.1, -0.05) is 17.7 Å². The van der Waals surface area contributed by atoms with Crippen LogP contribution in [0.1, 0.15) is 23.2 Å². The highest BCUT2D eigenvalue weighted by Crippen LogP contribution is 2.28. The Hall–Kier alpha value is -1.66. The fourth-order valence-electron chi connectivity index (χ4n) is 2.14. The molecule has 1 fully saturated rings. The van der Waals surface area contributed by atoms with Gasteiger partial charge in [0.25, 0.3) is 5.69 Å². The normalized spacial score (nSPS) is 16.9. The summed E-state index contributed by atoms with van der Waals surface area (Å²) < 4.78 is 5.37. The predicted molar refractivity (Wildman–Crippen MR) is 74.0 cm³/mol. The molecule has 0 atom stereocenters. The Morgan fingerprint density at radius 2 is 2.10 bits per heavy atom. The number of nitro groups is 1. The van der Waals surface area contributed by atoms with Gasteiger partial charge in [0, 0.05) is 19.2 Å². The van der Waals surface area contributed by atoms with E-state index in [2.05, 4.69) is 4.90 Å². The van der Waals surface area contributed by atoms with Crippen molar-refractivity contribution in [2.75, 3.05) is 20.1 Å².